The highest BCUT2D eigenvalue weighted by Crippen LogP contribution is 2.47. The number of hydrogen-bond donors (Lipinski definition) is 7. The number of esters is 2. The van der Waals surface area contributed by atoms with Gasteiger partial charge in [-0.15, -0.1) is 0 Å². The molecule has 0 amide bonds. The van der Waals surface area contributed by atoms with Gasteiger partial charge in [-0.3, -0.25) is 18.6 Å². The predicted octanol–water partition coefficient (Wildman–Crippen LogP) is 6.80. The summed E-state index contributed by atoms with van der Waals surface area (Å²) >= 11 is 0. The third kappa shape index (κ3) is 26.3. The SMILES string of the molecule is CCCCCC/C=C\CCCCCCCC(=O)OCC(COP(=O)(O)OC1C(O)C(O)C(O)C(O)C1O)OC(=O)CCCCCCC/C=C\C=C\C(O)CCCCC. The minimum absolute atomic E-state index is 0.0519. The first kappa shape index (κ1) is 54.0. The Morgan fingerprint density at radius 3 is 1.67 bits per heavy atom. The molecule has 7 N–H and O–H groups in total. The van der Waals surface area contributed by atoms with Crippen molar-refractivity contribution < 1.29 is 68.2 Å². The summed E-state index contributed by atoms with van der Waals surface area (Å²) in [6.45, 7) is 3.11. The highest BCUT2D eigenvalue weighted by Gasteiger charge is 2.51. The lowest BCUT2D eigenvalue weighted by Crippen LogP contribution is -2.64. The van der Waals surface area contributed by atoms with Crippen molar-refractivity contribution in [1.82, 2.24) is 0 Å². The molecule has 1 rings (SSSR count). The highest BCUT2D eigenvalue weighted by atomic mass is 31.2. The van der Waals surface area contributed by atoms with Gasteiger partial charge < -0.3 is 45.0 Å². The van der Waals surface area contributed by atoms with Gasteiger partial charge in [0.25, 0.3) is 0 Å². The molecule has 338 valence electrons. The topological polar surface area (TPSA) is 230 Å². The lowest BCUT2D eigenvalue weighted by atomic mass is 9.85. The summed E-state index contributed by atoms with van der Waals surface area (Å²) in [6, 6.07) is 0. The predicted molar refractivity (Wildman–Crippen MR) is 222 cm³/mol. The van der Waals surface area contributed by atoms with Crippen molar-refractivity contribution in [1.29, 1.82) is 0 Å². The zero-order valence-corrected chi connectivity index (χ0v) is 36.1. The van der Waals surface area contributed by atoms with Crippen LogP contribution in [0, 0.1) is 0 Å². The molecule has 1 saturated carbocycles. The van der Waals surface area contributed by atoms with E-state index >= 15 is 0 Å². The van der Waals surface area contributed by atoms with E-state index in [0.29, 0.717) is 12.8 Å². The Labute approximate surface area is 347 Å². The Morgan fingerprint density at radius 2 is 1.09 bits per heavy atom. The van der Waals surface area contributed by atoms with Crippen molar-refractivity contribution in [3.8, 4) is 0 Å². The van der Waals surface area contributed by atoms with Crippen LogP contribution in [0.1, 0.15) is 162 Å². The molecular formula is C43H77O14P. The van der Waals surface area contributed by atoms with E-state index in [1.54, 1.807) is 6.08 Å². The molecular weight excluding hydrogens is 771 g/mol. The van der Waals surface area contributed by atoms with Crippen LogP contribution in [0.15, 0.2) is 36.5 Å². The number of ether oxygens (including phenoxy) is 2. The van der Waals surface area contributed by atoms with Gasteiger partial charge in [0.1, 0.15) is 43.2 Å². The largest absolute Gasteiger partial charge is 0.472 e. The lowest BCUT2D eigenvalue weighted by molar-refractivity contribution is -0.220. The molecule has 15 heteroatoms. The molecule has 58 heavy (non-hydrogen) atoms. The maximum Gasteiger partial charge on any atom is 0.472 e. The van der Waals surface area contributed by atoms with Gasteiger partial charge in [-0.25, -0.2) is 4.57 Å². The second kappa shape index (κ2) is 33.7. The normalized spacial score (nSPS) is 23.4. The van der Waals surface area contributed by atoms with Crippen molar-refractivity contribution in [3.63, 3.8) is 0 Å². The van der Waals surface area contributed by atoms with Crippen LogP contribution in [0.25, 0.3) is 0 Å². The number of hydrogen-bond acceptors (Lipinski definition) is 13. The molecule has 0 aromatic carbocycles. The molecule has 0 heterocycles. The minimum Gasteiger partial charge on any atom is -0.462 e. The van der Waals surface area contributed by atoms with Gasteiger partial charge in [-0.1, -0.05) is 127 Å². The number of unbranched alkanes of at least 4 members (excludes halogenated alkanes) is 16. The first-order valence-corrected chi connectivity index (χ1v) is 23.4. The Balaban J connectivity index is 2.53. The van der Waals surface area contributed by atoms with Crippen LogP contribution in [0.3, 0.4) is 0 Å². The Hall–Kier alpha value is -1.97. The summed E-state index contributed by atoms with van der Waals surface area (Å²) in [6.07, 6.45) is 19.5. The summed E-state index contributed by atoms with van der Waals surface area (Å²) in [5.41, 5.74) is 0. The molecule has 1 aliphatic rings. The number of aliphatic hydroxyl groups is 6. The summed E-state index contributed by atoms with van der Waals surface area (Å²) in [4.78, 5) is 35.6. The molecule has 7 unspecified atom stereocenters. The average Bonchev–Trinajstić information content (AvgIpc) is 3.19. The summed E-state index contributed by atoms with van der Waals surface area (Å²) in [5.74, 6) is -1.16. The molecule has 7 atom stereocenters. The smallest absolute Gasteiger partial charge is 0.462 e. The fraction of sp³-hybridized carbons (Fsp3) is 0.814. The first-order chi connectivity index (χ1) is 27.8. The van der Waals surface area contributed by atoms with Gasteiger partial charge in [0.15, 0.2) is 6.10 Å². The van der Waals surface area contributed by atoms with Crippen molar-refractivity contribution in [2.24, 2.45) is 0 Å². The highest BCUT2D eigenvalue weighted by molar-refractivity contribution is 7.47. The maximum absolute atomic E-state index is 12.8. The van der Waals surface area contributed by atoms with Crippen LogP contribution in [-0.4, -0.2) is 110 Å². The molecule has 0 aliphatic heterocycles. The van der Waals surface area contributed by atoms with Crippen LogP contribution >= 0.6 is 7.82 Å². The zero-order valence-electron chi connectivity index (χ0n) is 35.2. The fourth-order valence-corrected chi connectivity index (χ4v) is 7.39. The lowest BCUT2D eigenvalue weighted by Gasteiger charge is -2.41. The minimum atomic E-state index is -5.13. The Bertz CT molecular complexity index is 1180. The molecule has 0 aromatic rings. The molecule has 0 aromatic heterocycles. The number of carbonyl (C=O) groups excluding carboxylic acids is 2. The van der Waals surface area contributed by atoms with Crippen molar-refractivity contribution in [2.75, 3.05) is 13.2 Å². The third-order valence-electron chi connectivity index (χ3n) is 10.1. The first-order valence-electron chi connectivity index (χ1n) is 21.9. The van der Waals surface area contributed by atoms with Gasteiger partial charge in [0.05, 0.1) is 12.7 Å². The van der Waals surface area contributed by atoms with E-state index in [0.717, 1.165) is 96.3 Å². The number of allylic oxidation sites excluding steroid dienone is 5. The molecule has 0 saturated heterocycles. The maximum atomic E-state index is 12.8. The van der Waals surface area contributed by atoms with E-state index in [1.165, 1.54) is 25.7 Å². The van der Waals surface area contributed by atoms with Gasteiger partial charge in [-0.05, 0) is 57.8 Å². The van der Waals surface area contributed by atoms with Crippen LogP contribution in [-0.2, 0) is 32.7 Å². The monoisotopic (exact) mass is 849 g/mol. The Kier molecular flexibility index (Phi) is 31.4. The third-order valence-corrected chi connectivity index (χ3v) is 11.0. The quantitative estimate of drug-likeness (QED) is 0.0114. The van der Waals surface area contributed by atoms with Crippen LogP contribution < -0.4 is 0 Å². The average molecular weight is 849 g/mol. The zero-order chi connectivity index (χ0) is 43.0. The second-order valence-corrected chi connectivity index (χ2v) is 16.8. The van der Waals surface area contributed by atoms with E-state index in [2.05, 4.69) is 32.1 Å². The van der Waals surface area contributed by atoms with Crippen LogP contribution in [0.2, 0.25) is 0 Å². The Morgan fingerprint density at radius 1 is 0.603 bits per heavy atom. The summed E-state index contributed by atoms with van der Waals surface area (Å²) < 4.78 is 33.4. The van der Waals surface area contributed by atoms with E-state index in [-0.39, 0.29) is 12.8 Å². The molecule has 1 aliphatic carbocycles. The number of aliphatic hydroxyl groups excluding tert-OH is 6. The number of phosphoric acid groups is 1. The van der Waals surface area contributed by atoms with Crippen molar-refractivity contribution in [2.45, 2.75) is 210 Å². The molecule has 0 spiro atoms. The number of carbonyl (C=O) groups is 2. The van der Waals surface area contributed by atoms with E-state index in [9.17, 15) is 49.7 Å². The van der Waals surface area contributed by atoms with Crippen molar-refractivity contribution in [3.05, 3.63) is 36.5 Å². The van der Waals surface area contributed by atoms with Gasteiger partial charge >= 0.3 is 19.8 Å². The number of rotatable bonds is 35. The van der Waals surface area contributed by atoms with E-state index < -0.39 is 81.8 Å². The van der Waals surface area contributed by atoms with Gasteiger partial charge in [0, 0.05) is 12.8 Å². The van der Waals surface area contributed by atoms with E-state index in [1.807, 2.05) is 12.2 Å². The van der Waals surface area contributed by atoms with Crippen LogP contribution in [0.4, 0.5) is 0 Å². The number of phosphoric ester groups is 1. The molecule has 0 radical (unpaired) electrons. The van der Waals surface area contributed by atoms with Gasteiger partial charge in [-0.2, -0.15) is 0 Å². The molecule has 1 fully saturated rings. The van der Waals surface area contributed by atoms with Crippen LogP contribution in [0.5, 0.6) is 0 Å². The molecule has 14 nitrogen and oxygen atoms in total. The second-order valence-electron chi connectivity index (χ2n) is 15.4. The standard InChI is InChI=1S/C43H77O14P/c1-3-5-7-8-9-10-11-12-13-16-19-22-26-30-36(45)54-32-35(33-55-58(52,53)57-43-41(50)39(48)38(47)40(49)42(43)51)56-37(46)31-27-23-20-17-14-15-18-21-25-29-34(44)28-24-6-4-2/h10-11,18,21,25,29,34-35,38-44,47-51H,3-9,12-17,19-20,22-24,26-28,30-33H2,1-2H3,(H,52,53)/b11-10-,21-18-,29-25+. The van der Waals surface area contributed by atoms with Gasteiger partial charge in [0.2, 0.25) is 0 Å². The fourth-order valence-electron chi connectivity index (χ4n) is 6.42. The van der Waals surface area contributed by atoms with E-state index in [4.69, 9.17) is 18.5 Å². The van der Waals surface area contributed by atoms with Crippen molar-refractivity contribution >= 4 is 19.8 Å². The summed E-state index contributed by atoms with van der Waals surface area (Å²) in [5, 5.41) is 60.0. The molecule has 0 bridgehead atoms. The summed E-state index contributed by atoms with van der Waals surface area (Å²) in [7, 11) is -5.13.